The number of thiazole rings is 1. The Balaban J connectivity index is 2.03. The summed E-state index contributed by atoms with van der Waals surface area (Å²) in [6.07, 6.45) is 7.93. The van der Waals surface area contributed by atoms with Crippen molar-refractivity contribution in [3.8, 4) is 0 Å². The molecule has 0 spiro atoms. The maximum atomic E-state index is 10.8. The molecule has 6 heteroatoms. The predicted octanol–water partition coefficient (Wildman–Crippen LogP) is 6.41. The fourth-order valence-corrected chi connectivity index (χ4v) is 7.42. The van der Waals surface area contributed by atoms with Crippen LogP contribution in [0.1, 0.15) is 71.0 Å². The highest BCUT2D eigenvalue weighted by atomic mass is 32.1. The van der Waals surface area contributed by atoms with Crippen molar-refractivity contribution >= 4 is 32.0 Å². The number of aldehydes is 1. The molecular formula is C23H39NO3SSi. The summed E-state index contributed by atoms with van der Waals surface area (Å²) in [5, 5.41) is 3.21. The van der Waals surface area contributed by atoms with Crippen LogP contribution in [-0.2, 0) is 14.0 Å². The van der Waals surface area contributed by atoms with Gasteiger partial charge in [0.2, 0.25) is 0 Å². The van der Waals surface area contributed by atoms with Gasteiger partial charge in [-0.3, -0.25) is 0 Å². The Morgan fingerprint density at radius 2 is 2.00 bits per heavy atom. The maximum Gasteiger partial charge on any atom is 0.192 e. The van der Waals surface area contributed by atoms with E-state index in [1.54, 1.807) is 11.3 Å². The summed E-state index contributed by atoms with van der Waals surface area (Å²) in [5.74, 6) is 0.153. The third-order valence-corrected chi connectivity index (χ3v) is 11.8. The first-order valence-corrected chi connectivity index (χ1v) is 14.7. The molecule has 1 saturated heterocycles. The molecule has 1 aliphatic rings. The molecule has 0 N–H and O–H groups in total. The molecule has 0 amide bonds. The molecular weight excluding hydrogens is 398 g/mol. The van der Waals surface area contributed by atoms with Crippen LogP contribution in [0.5, 0.6) is 0 Å². The summed E-state index contributed by atoms with van der Waals surface area (Å²) in [6, 6.07) is 3.45. The molecule has 29 heavy (non-hydrogen) atoms. The van der Waals surface area contributed by atoms with Crippen molar-refractivity contribution in [2.24, 2.45) is 5.92 Å². The van der Waals surface area contributed by atoms with E-state index in [1.807, 2.05) is 13.8 Å². The summed E-state index contributed by atoms with van der Waals surface area (Å²) in [6.45, 7) is 13.1. The molecule has 4 nitrogen and oxygen atoms in total. The van der Waals surface area contributed by atoms with E-state index < -0.39 is 8.32 Å². The second kappa shape index (κ2) is 11.5. The summed E-state index contributed by atoms with van der Waals surface area (Å²) < 4.78 is 12.9. The van der Waals surface area contributed by atoms with Crippen LogP contribution < -0.4 is 0 Å². The fourth-order valence-electron chi connectivity index (χ4n) is 3.96. The van der Waals surface area contributed by atoms with Crippen molar-refractivity contribution < 1.29 is 14.0 Å². The van der Waals surface area contributed by atoms with Crippen LogP contribution in [0.4, 0.5) is 0 Å². The van der Waals surface area contributed by atoms with Crippen LogP contribution in [-0.4, -0.2) is 37.9 Å². The monoisotopic (exact) mass is 437 g/mol. The predicted molar refractivity (Wildman–Crippen MR) is 125 cm³/mol. The first kappa shape index (κ1) is 24.4. The zero-order valence-corrected chi connectivity index (χ0v) is 20.9. The van der Waals surface area contributed by atoms with Crippen LogP contribution in [0, 0.1) is 12.8 Å². The average Bonchev–Trinajstić information content (AvgIpc) is 3.33. The third kappa shape index (κ3) is 7.42. The van der Waals surface area contributed by atoms with E-state index in [0.29, 0.717) is 6.10 Å². The van der Waals surface area contributed by atoms with Gasteiger partial charge in [0.25, 0.3) is 0 Å². The highest BCUT2D eigenvalue weighted by molar-refractivity contribution is 7.09. The van der Waals surface area contributed by atoms with E-state index in [1.165, 1.54) is 5.57 Å². The number of ether oxygens (including phenoxy) is 1. The van der Waals surface area contributed by atoms with Gasteiger partial charge in [-0.25, -0.2) is 4.98 Å². The Kier molecular flexibility index (Phi) is 9.73. The smallest absolute Gasteiger partial charge is 0.192 e. The largest absolute Gasteiger partial charge is 0.410 e. The van der Waals surface area contributed by atoms with Crippen molar-refractivity contribution in [1.82, 2.24) is 4.98 Å². The molecule has 0 unspecified atom stereocenters. The molecule has 1 aromatic rings. The third-order valence-electron chi connectivity index (χ3n) is 6.36. The Morgan fingerprint density at radius 3 is 2.55 bits per heavy atom. The Morgan fingerprint density at radius 1 is 1.31 bits per heavy atom. The van der Waals surface area contributed by atoms with E-state index in [9.17, 15) is 4.79 Å². The summed E-state index contributed by atoms with van der Waals surface area (Å²) in [5.41, 5.74) is 2.29. The van der Waals surface area contributed by atoms with Crippen LogP contribution in [0.25, 0.3) is 6.08 Å². The van der Waals surface area contributed by atoms with Gasteiger partial charge >= 0.3 is 0 Å². The summed E-state index contributed by atoms with van der Waals surface area (Å²) in [7, 11) is -1.71. The van der Waals surface area contributed by atoms with Crippen LogP contribution >= 0.6 is 11.3 Å². The topological polar surface area (TPSA) is 51.7 Å². The Bertz CT molecular complexity index is 663. The number of carbonyl (C=O) groups is 1. The van der Waals surface area contributed by atoms with E-state index in [-0.39, 0.29) is 18.1 Å². The highest BCUT2D eigenvalue weighted by Crippen LogP contribution is 2.36. The number of hydrogen-bond acceptors (Lipinski definition) is 5. The number of hydrogen-bond donors (Lipinski definition) is 0. The molecule has 4 atom stereocenters. The lowest BCUT2D eigenvalue weighted by atomic mass is 10.0. The first-order chi connectivity index (χ1) is 13.9. The van der Waals surface area contributed by atoms with E-state index in [4.69, 9.17) is 9.16 Å². The van der Waals surface area contributed by atoms with E-state index >= 15 is 0 Å². The van der Waals surface area contributed by atoms with Crippen molar-refractivity contribution in [2.75, 3.05) is 0 Å². The average molecular weight is 438 g/mol. The molecule has 2 rings (SSSR count). The van der Waals surface area contributed by atoms with Gasteiger partial charge in [-0.1, -0.05) is 34.1 Å². The summed E-state index contributed by atoms with van der Waals surface area (Å²) >= 11 is 1.69. The van der Waals surface area contributed by atoms with Gasteiger partial charge in [0.1, 0.15) is 6.29 Å². The zero-order valence-electron chi connectivity index (χ0n) is 19.1. The molecule has 1 aromatic heterocycles. The van der Waals surface area contributed by atoms with Crippen molar-refractivity contribution in [3.05, 3.63) is 21.7 Å². The van der Waals surface area contributed by atoms with Crippen molar-refractivity contribution in [3.63, 3.8) is 0 Å². The minimum absolute atomic E-state index is 0.104. The van der Waals surface area contributed by atoms with Gasteiger partial charge < -0.3 is 14.0 Å². The SMILES string of the molecule is CC[Si](CC)(CC)O[C@@H](C[C@@H]1O[C@@H]1CCC[C@H](C)C=O)/C(C)=C/c1csc(C)n1. The van der Waals surface area contributed by atoms with E-state index in [0.717, 1.165) is 60.8 Å². The quantitative estimate of drug-likeness (QED) is 0.192. The Labute approximate surface area is 182 Å². The number of aromatic nitrogens is 1. The number of nitrogens with zero attached hydrogens (tertiary/aromatic N) is 1. The number of rotatable bonds is 14. The van der Waals surface area contributed by atoms with Gasteiger partial charge in [0, 0.05) is 17.7 Å². The van der Waals surface area contributed by atoms with Crippen LogP contribution in [0.15, 0.2) is 11.0 Å². The maximum absolute atomic E-state index is 10.8. The first-order valence-electron chi connectivity index (χ1n) is 11.2. The molecule has 0 radical (unpaired) electrons. The molecule has 0 bridgehead atoms. The minimum Gasteiger partial charge on any atom is -0.410 e. The lowest BCUT2D eigenvalue weighted by Crippen LogP contribution is -2.40. The Hall–Kier alpha value is -0.823. The fraction of sp³-hybridized carbons (Fsp3) is 0.739. The highest BCUT2D eigenvalue weighted by Gasteiger charge is 2.42. The van der Waals surface area contributed by atoms with Crippen LogP contribution in [0.3, 0.4) is 0 Å². The van der Waals surface area contributed by atoms with Gasteiger partial charge in [-0.15, -0.1) is 11.3 Å². The molecule has 0 aromatic carbocycles. The number of epoxide rings is 1. The minimum atomic E-state index is -1.71. The van der Waals surface area contributed by atoms with Crippen molar-refractivity contribution in [1.29, 1.82) is 0 Å². The van der Waals surface area contributed by atoms with Gasteiger partial charge in [-0.05, 0) is 56.5 Å². The molecule has 0 saturated carbocycles. The lowest BCUT2D eigenvalue weighted by molar-refractivity contribution is -0.110. The number of aryl methyl sites for hydroxylation is 1. The second-order valence-electron chi connectivity index (χ2n) is 8.52. The van der Waals surface area contributed by atoms with Gasteiger partial charge in [0.15, 0.2) is 8.32 Å². The standard InChI is InChI=1S/C23H39NO3SSi/c1-7-29(8-2,9-3)27-22(18(5)13-20-16-28-19(6)24-20)14-23-21(26-23)12-10-11-17(4)15-25/h13,15-17,21-23H,7-12,14H2,1-6H3/b18-13+/t17-,21+,22-,23-/m0/s1. The van der Waals surface area contributed by atoms with Gasteiger partial charge in [-0.2, -0.15) is 0 Å². The van der Waals surface area contributed by atoms with Crippen LogP contribution in [0.2, 0.25) is 18.1 Å². The molecule has 1 aliphatic heterocycles. The normalized spacial score (nSPS) is 21.8. The lowest BCUT2D eigenvalue weighted by Gasteiger charge is -2.33. The van der Waals surface area contributed by atoms with Gasteiger partial charge in [0.05, 0.1) is 29.0 Å². The van der Waals surface area contributed by atoms with E-state index in [2.05, 4.69) is 44.1 Å². The summed E-state index contributed by atoms with van der Waals surface area (Å²) in [4.78, 5) is 15.4. The molecule has 164 valence electrons. The zero-order chi connectivity index (χ0) is 21.4. The molecule has 0 aliphatic carbocycles. The molecule has 2 heterocycles. The second-order valence-corrected chi connectivity index (χ2v) is 14.3. The molecule has 1 fully saturated rings. The number of carbonyl (C=O) groups excluding carboxylic acids is 1. The van der Waals surface area contributed by atoms with Crippen molar-refractivity contribution in [2.45, 2.75) is 104 Å².